The molecule has 0 unspecified atom stereocenters. The van der Waals surface area contributed by atoms with Crippen LogP contribution in [0.15, 0.2) is 24.3 Å². The van der Waals surface area contributed by atoms with Gasteiger partial charge in [0, 0.05) is 37.8 Å². The predicted molar refractivity (Wildman–Crippen MR) is 81.9 cm³/mol. The Hall–Kier alpha value is -1.51. The lowest BCUT2D eigenvalue weighted by atomic mass is 9.75. The molecule has 0 radical (unpaired) electrons. The van der Waals surface area contributed by atoms with Crippen LogP contribution in [0.4, 0.5) is 5.69 Å². The topological polar surface area (TPSA) is 23.6 Å². The van der Waals surface area contributed by atoms with Gasteiger partial charge in [-0.3, -0.25) is 4.79 Å². The van der Waals surface area contributed by atoms with Crippen molar-refractivity contribution in [1.29, 1.82) is 0 Å². The molecule has 108 valence electrons. The predicted octanol–water partition coefficient (Wildman–Crippen LogP) is 2.69. The summed E-state index contributed by atoms with van der Waals surface area (Å²) in [6.07, 6.45) is 2.19. The Kier molecular flexibility index (Phi) is 3.68. The van der Waals surface area contributed by atoms with E-state index in [1.54, 1.807) is 0 Å². The van der Waals surface area contributed by atoms with Gasteiger partial charge >= 0.3 is 0 Å². The largest absolute Gasteiger partial charge is 0.368 e. The van der Waals surface area contributed by atoms with E-state index in [-0.39, 0.29) is 0 Å². The molecule has 1 aromatic carbocycles. The highest BCUT2D eigenvalue weighted by molar-refractivity contribution is 5.80. The molecule has 20 heavy (non-hydrogen) atoms. The number of rotatable bonds is 2. The van der Waals surface area contributed by atoms with E-state index in [1.807, 2.05) is 0 Å². The van der Waals surface area contributed by atoms with Gasteiger partial charge < -0.3 is 9.80 Å². The van der Waals surface area contributed by atoms with Gasteiger partial charge in [-0.25, -0.2) is 0 Å². The summed E-state index contributed by atoms with van der Waals surface area (Å²) in [6.45, 7) is 8.00. The summed E-state index contributed by atoms with van der Waals surface area (Å²) >= 11 is 0. The minimum atomic E-state index is 0.316. The number of carbonyl (C=O) groups is 1. The Balaban J connectivity index is 1.54. The summed E-state index contributed by atoms with van der Waals surface area (Å²) in [7, 11) is 0. The molecule has 0 aromatic heterocycles. The lowest BCUT2D eigenvalue weighted by Crippen LogP contribution is -2.51. The molecular weight excluding hydrogens is 248 g/mol. The van der Waals surface area contributed by atoms with Gasteiger partial charge in [0.15, 0.2) is 0 Å². The second-order valence-corrected chi connectivity index (χ2v) is 6.42. The Labute approximate surface area is 121 Å². The zero-order chi connectivity index (χ0) is 14.1. The summed E-state index contributed by atoms with van der Waals surface area (Å²) in [4.78, 5) is 16.8. The molecule has 1 aromatic rings. The van der Waals surface area contributed by atoms with Gasteiger partial charge in [-0.1, -0.05) is 24.6 Å². The van der Waals surface area contributed by atoms with Crippen LogP contribution in [-0.2, 0) is 4.79 Å². The lowest BCUT2D eigenvalue weighted by molar-refractivity contribution is -0.140. The zero-order valence-corrected chi connectivity index (χ0v) is 12.5. The normalized spacial score (nSPS) is 26.3. The third-order valence-electron chi connectivity index (χ3n) is 4.71. The second kappa shape index (κ2) is 5.47. The van der Waals surface area contributed by atoms with Gasteiger partial charge in [-0.05, 0) is 37.8 Å². The molecule has 3 heteroatoms. The summed E-state index contributed by atoms with van der Waals surface area (Å²) in [5.41, 5.74) is 2.57. The first kappa shape index (κ1) is 13.5. The zero-order valence-electron chi connectivity index (χ0n) is 12.5. The fraction of sp³-hybridized carbons (Fsp3) is 0.588. The molecule has 1 aliphatic heterocycles. The number of benzene rings is 1. The first-order chi connectivity index (χ1) is 9.63. The molecule has 1 heterocycles. The Morgan fingerprint density at radius 2 is 1.65 bits per heavy atom. The van der Waals surface area contributed by atoms with Gasteiger partial charge in [0.25, 0.3) is 0 Å². The van der Waals surface area contributed by atoms with Crippen molar-refractivity contribution >= 4 is 11.6 Å². The van der Waals surface area contributed by atoms with Crippen LogP contribution in [0.3, 0.4) is 0 Å². The van der Waals surface area contributed by atoms with Crippen molar-refractivity contribution in [2.24, 2.45) is 11.8 Å². The standard InChI is InChI=1S/C17H24N2O/c1-13-3-5-16(6-4-13)18-7-9-19(10-8-18)17(20)15-11-14(2)12-15/h3-6,14-15H,7-12H2,1-2H3. The van der Waals surface area contributed by atoms with Gasteiger partial charge in [-0.15, -0.1) is 0 Å². The number of carbonyl (C=O) groups excluding carboxylic acids is 1. The number of amides is 1. The van der Waals surface area contributed by atoms with E-state index in [1.165, 1.54) is 11.3 Å². The Morgan fingerprint density at radius 1 is 1.05 bits per heavy atom. The molecule has 1 amide bonds. The molecule has 3 rings (SSSR count). The van der Waals surface area contributed by atoms with Crippen molar-refractivity contribution < 1.29 is 4.79 Å². The Bertz CT molecular complexity index is 468. The van der Waals surface area contributed by atoms with E-state index >= 15 is 0 Å². The first-order valence-corrected chi connectivity index (χ1v) is 7.74. The van der Waals surface area contributed by atoms with E-state index in [2.05, 4.69) is 47.9 Å². The van der Waals surface area contributed by atoms with Gasteiger partial charge in [-0.2, -0.15) is 0 Å². The van der Waals surface area contributed by atoms with Crippen molar-refractivity contribution in [1.82, 2.24) is 4.90 Å². The maximum atomic E-state index is 12.3. The van der Waals surface area contributed by atoms with Crippen LogP contribution in [-0.4, -0.2) is 37.0 Å². The van der Waals surface area contributed by atoms with Crippen molar-refractivity contribution in [3.8, 4) is 0 Å². The van der Waals surface area contributed by atoms with Crippen LogP contribution < -0.4 is 4.90 Å². The highest BCUT2D eigenvalue weighted by Gasteiger charge is 2.35. The van der Waals surface area contributed by atoms with Crippen LogP contribution in [0, 0.1) is 18.8 Å². The quantitative estimate of drug-likeness (QED) is 0.826. The van der Waals surface area contributed by atoms with E-state index < -0.39 is 0 Å². The summed E-state index contributed by atoms with van der Waals surface area (Å²) in [5, 5.41) is 0. The fourth-order valence-electron chi connectivity index (χ4n) is 3.30. The van der Waals surface area contributed by atoms with Crippen molar-refractivity contribution in [2.75, 3.05) is 31.1 Å². The lowest BCUT2D eigenvalue weighted by Gasteiger charge is -2.40. The third-order valence-corrected chi connectivity index (χ3v) is 4.71. The smallest absolute Gasteiger partial charge is 0.225 e. The average Bonchev–Trinajstić information content (AvgIpc) is 2.44. The summed E-state index contributed by atoms with van der Waals surface area (Å²) in [6, 6.07) is 8.67. The number of anilines is 1. The third kappa shape index (κ3) is 2.67. The number of aryl methyl sites for hydroxylation is 1. The van der Waals surface area contributed by atoms with Gasteiger partial charge in [0.2, 0.25) is 5.91 Å². The molecule has 0 N–H and O–H groups in total. The van der Waals surface area contributed by atoms with E-state index in [0.29, 0.717) is 11.8 Å². The minimum absolute atomic E-state index is 0.316. The minimum Gasteiger partial charge on any atom is -0.368 e. The molecule has 0 spiro atoms. The summed E-state index contributed by atoms with van der Waals surface area (Å²) in [5.74, 6) is 1.46. The second-order valence-electron chi connectivity index (χ2n) is 6.42. The number of hydrogen-bond acceptors (Lipinski definition) is 2. The van der Waals surface area contributed by atoms with E-state index in [9.17, 15) is 4.79 Å². The monoisotopic (exact) mass is 272 g/mol. The highest BCUT2D eigenvalue weighted by Crippen LogP contribution is 2.34. The molecule has 2 aliphatic rings. The molecule has 2 fully saturated rings. The SMILES string of the molecule is Cc1ccc(N2CCN(C(=O)C3CC(C)C3)CC2)cc1. The molecule has 3 nitrogen and oxygen atoms in total. The van der Waals surface area contributed by atoms with Crippen LogP contribution in [0.2, 0.25) is 0 Å². The molecule has 0 bridgehead atoms. The van der Waals surface area contributed by atoms with E-state index in [4.69, 9.17) is 0 Å². The van der Waals surface area contributed by atoms with Crippen molar-refractivity contribution in [3.63, 3.8) is 0 Å². The molecule has 0 atom stereocenters. The highest BCUT2D eigenvalue weighted by atomic mass is 16.2. The molecule has 1 saturated carbocycles. The van der Waals surface area contributed by atoms with E-state index in [0.717, 1.165) is 44.9 Å². The summed E-state index contributed by atoms with van der Waals surface area (Å²) < 4.78 is 0. The number of piperazine rings is 1. The van der Waals surface area contributed by atoms with Crippen molar-refractivity contribution in [2.45, 2.75) is 26.7 Å². The maximum Gasteiger partial charge on any atom is 0.225 e. The fourth-order valence-corrected chi connectivity index (χ4v) is 3.30. The number of nitrogens with zero attached hydrogens (tertiary/aromatic N) is 2. The number of hydrogen-bond donors (Lipinski definition) is 0. The Morgan fingerprint density at radius 3 is 2.20 bits per heavy atom. The molecular formula is C17H24N2O. The van der Waals surface area contributed by atoms with Crippen LogP contribution in [0.1, 0.15) is 25.3 Å². The van der Waals surface area contributed by atoms with Crippen LogP contribution in [0.5, 0.6) is 0 Å². The maximum absolute atomic E-state index is 12.3. The van der Waals surface area contributed by atoms with Crippen LogP contribution in [0.25, 0.3) is 0 Å². The molecule has 1 saturated heterocycles. The average molecular weight is 272 g/mol. The van der Waals surface area contributed by atoms with Crippen LogP contribution >= 0.6 is 0 Å². The van der Waals surface area contributed by atoms with Crippen molar-refractivity contribution in [3.05, 3.63) is 29.8 Å². The van der Waals surface area contributed by atoms with Gasteiger partial charge in [0.05, 0.1) is 0 Å². The van der Waals surface area contributed by atoms with Gasteiger partial charge in [0.1, 0.15) is 0 Å². The molecule has 1 aliphatic carbocycles. The first-order valence-electron chi connectivity index (χ1n) is 7.74.